The zero-order chi connectivity index (χ0) is 16.3. The maximum absolute atomic E-state index is 12.0. The Balaban J connectivity index is 2.01. The lowest BCUT2D eigenvalue weighted by atomic mass is 9.95. The molecule has 1 unspecified atom stereocenters. The summed E-state index contributed by atoms with van der Waals surface area (Å²) in [6.07, 6.45) is 1.41. The van der Waals surface area contributed by atoms with Crippen molar-refractivity contribution < 1.29 is 14.3 Å². The quantitative estimate of drug-likeness (QED) is 0.922. The Bertz CT molecular complexity index is 532. The van der Waals surface area contributed by atoms with E-state index < -0.39 is 5.60 Å². The molecule has 0 saturated heterocycles. The van der Waals surface area contributed by atoms with Crippen molar-refractivity contribution in [3.05, 3.63) is 29.3 Å². The van der Waals surface area contributed by atoms with Crippen LogP contribution >= 0.6 is 0 Å². The van der Waals surface area contributed by atoms with Crippen LogP contribution in [0.25, 0.3) is 0 Å². The van der Waals surface area contributed by atoms with E-state index >= 15 is 0 Å². The summed E-state index contributed by atoms with van der Waals surface area (Å²) in [6.45, 7) is 10.6. The highest BCUT2D eigenvalue weighted by Gasteiger charge is 2.22. The first-order valence-electron chi connectivity index (χ1n) is 7.99. The predicted molar refractivity (Wildman–Crippen MR) is 87.3 cm³/mol. The number of ether oxygens (including phenoxy) is 2. The predicted octanol–water partition coefficient (Wildman–Crippen LogP) is 3.71. The summed E-state index contributed by atoms with van der Waals surface area (Å²) in [6, 6.07) is 6.35. The molecule has 1 aliphatic rings. The highest BCUT2D eigenvalue weighted by atomic mass is 16.6. The maximum atomic E-state index is 12.0. The number of rotatable bonds is 4. The average molecular weight is 305 g/mol. The summed E-state index contributed by atoms with van der Waals surface area (Å²) in [5, 5.41) is 3.00. The summed E-state index contributed by atoms with van der Waals surface area (Å²) in [5.74, 6) is 1.32. The zero-order valence-corrected chi connectivity index (χ0v) is 14.2. The largest absolute Gasteiger partial charge is 0.493 e. The van der Waals surface area contributed by atoms with Gasteiger partial charge in [0.05, 0.1) is 6.61 Å². The molecule has 2 rings (SSSR count). The van der Waals surface area contributed by atoms with Gasteiger partial charge in [-0.2, -0.15) is 0 Å². The van der Waals surface area contributed by atoms with Crippen LogP contribution in [0.15, 0.2) is 18.2 Å². The van der Waals surface area contributed by atoms with E-state index in [1.165, 1.54) is 11.1 Å². The van der Waals surface area contributed by atoms with E-state index in [4.69, 9.17) is 9.47 Å². The highest BCUT2D eigenvalue weighted by Crippen LogP contribution is 2.26. The summed E-state index contributed by atoms with van der Waals surface area (Å²) in [7, 11) is 0. The molecule has 1 aromatic rings. The van der Waals surface area contributed by atoms with E-state index in [0.29, 0.717) is 5.92 Å². The van der Waals surface area contributed by atoms with E-state index in [-0.39, 0.29) is 12.1 Å². The molecule has 0 spiro atoms. The fraction of sp³-hybridized carbons (Fsp3) is 0.611. The van der Waals surface area contributed by atoms with Crippen LogP contribution in [0.5, 0.6) is 5.75 Å². The third-order valence-corrected chi connectivity index (χ3v) is 3.72. The van der Waals surface area contributed by atoms with Crippen molar-refractivity contribution in [3.63, 3.8) is 0 Å². The molecule has 1 atom stereocenters. The number of hydrogen-bond donors (Lipinski definition) is 1. The highest BCUT2D eigenvalue weighted by molar-refractivity contribution is 5.68. The Morgan fingerprint density at radius 1 is 1.36 bits per heavy atom. The lowest BCUT2D eigenvalue weighted by Crippen LogP contribution is -2.43. The Morgan fingerprint density at radius 3 is 2.73 bits per heavy atom. The zero-order valence-electron chi connectivity index (χ0n) is 14.2. The number of nitrogens with one attached hydrogen (secondary N) is 1. The maximum Gasteiger partial charge on any atom is 0.407 e. The molecule has 0 saturated carbocycles. The number of amides is 1. The molecule has 0 aromatic heterocycles. The molecule has 4 heteroatoms. The van der Waals surface area contributed by atoms with Crippen LogP contribution in [0.2, 0.25) is 0 Å². The number of carbonyl (C=O) groups is 1. The first-order valence-corrected chi connectivity index (χ1v) is 7.99. The first-order chi connectivity index (χ1) is 10.2. The van der Waals surface area contributed by atoms with Gasteiger partial charge in [-0.15, -0.1) is 0 Å². The number of benzene rings is 1. The molecular weight excluding hydrogens is 278 g/mol. The second-order valence-corrected chi connectivity index (χ2v) is 7.24. The Hall–Kier alpha value is -1.71. The van der Waals surface area contributed by atoms with E-state index in [1.807, 2.05) is 26.8 Å². The first kappa shape index (κ1) is 16.7. The molecule has 4 nitrogen and oxygen atoms in total. The number of alkyl carbamates (subject to hydrolysis) is 1. The molecule has 1 heterocycles. The SMILES string of the molecule is CC(C)C(Cc1ccc2c(c1)CCO2)NC(=O)OC(C)(C)C. The molecule has 122 valence electrons. The minimum atomic E-state index is -0.476. The van der Waals surface area contributed by atoms with Gasteiger partial charge in [-0.3, -0.25) is 0 Å². The minimum absolute atomic E-state index is 0.0511. The fourth-order valence-corrected chi connectivity index (χ4v) is 2.53. The number of fused-ring (bicyclic) bond motifs is 1. The van der Waals surface area contributed by atoms with Gasteiger partial charge in [0.2, 0.25) is 0 Å². The van der Waals surface area contributed by atoms with Crippen LogP contribution in [0.3, 0.4) is 0 Å². The fourth-order valence-electron chi connectivity index (χ4n) is 2.53. The molecule has 22 heavy (non-hydrogen) atoms. The van der Waals surface area contributed by atoms with Crippen molar-refractivity contribution in [3.8, 4) is 5.75 Å². The van der Waals surface area contributed by atoms with Gasteiger partial charge in [-0.25, -0.2) is 4.79 Å². The number of hydrogen-bond acceptors (Lipinski definition) is 3. The summed E-state index contributed by atoms with van der Waals surface area (Å²) in [5.41, 5.74) is 2.01. The summed E-state index contributed by atoms with van der Waals surface area (Å²) >= 11 is 0. The molecule has 1 amide bonds. The van der Waals surface area contributed by atoms with Gasteiger partial charge in [-0.05, 0) is 50.3 Å². The van der Waals surface area contributed by atoms with Crippen molar-refractivity contribution in [1.82, 2.24) is 5.32 Å². The van der Waals surface area contributed by atoms with Crippen molar-refractivity contribution in [2.45, 2.75) is 59.1 Å². The van der Waals surface area contributed by atoms with Crippen molar-refractivity contribution in [2.24, 2.45) is 5.92 Å². The number of carbonyl (C=O) groups excluding carboxylic acids is 1. The smallest absolute Gasteiger partial charge is 0.407 e. The second-order valence-electron chi connectivity index (χ2n) is 7.24. The van der Waals surface area contributed by atoms with Gasteiger partial charge in [0.25, 0.3) is 0 Å². The topological polar surface area (TPSA) is 47.6 Å². The molecule has 0 fully saturated rings. The van der Waals surface area contributed by atoms with Crippen molar-refractivity contribution >= 4 is 6.09 Å². The van der Waals surface area contributed by atoms with Gasteiger partial charge in [0.1, 0.15) is 11.4 Å². The van der Waals surface area contributed by atoms with E-state index in [0.717, 1.165) is 25.2 Å². The second kappa shape index (κ2) is 6.59. The van der Waals surface area contributed by atoms with Crippen LogP contribution < -0.4 is 10.1 Å². The van der Waals surface area contributed by atoms with E-state index in [1.54, 1.807) is 0 Å². The third kappa shape index (κ3) is 4.65. The van der Waals surface area contributed by atoms with E-state index in [9.17, 15) is 4.79 Å². The van der Waals surface area contributed by atoms with Gasteiger partial charge in [-0.1, -0.05) is 26.0 Å². The van der Waals surface area contributed by atoms with E-state index in [2.05, 4.69) is 31.3 Å². The molecule has 0 aliphatic carbocycles. The third-order valence-electron chi connectivity index (χ3n) is 3.72. The Morgan fingerprint density at radius 2 is 2.09 bits per heavy atom. The lowest BCUT2D eigenvalue weighted by molar-refractivity contribution is 0.0490. The summed E-state index contributed by atoms with van der Waals surface area (Å²) in [4.78, 5) is 12.0. The van der Waals surface area contributed by atoms with Crippen LogP contribution in [-0.2, 0) is 17.6 Å². The molecule has 0 radical (unpaired) electrons. The van der Waals surface area contributed by atoms with Crippen LogP contribution in [0.1, 0.15) is 45.7 Å². The Kier molecular flexibility index (Phi) is 4.99. The summed E-state index contributed by atoms with van der Waals surface area (Å²) < 4.78 is 10.9. The molecule has 1 aromatic carbocycles. The molecule has 1 N–H and O–H groups in total. The van der Waals surface area contributed by atoms with Crippen LogP contribution in [0, 0.1) is 5.92 Å². The monoisotopic (exact) mass is 305 g/mol. The minimum Gasteiger partial charge on any atom is -0.493 e. The molecule has 1 aliphatic heterocycles. The van der Waals surface area contributed by atoms with Crippen LogP contribution in [0.4, 0.5) is 4.79 Å². The molecular formula is C18H27NO3. The lowest BCUT2D eigenvalue weighted by Gasteiger charge is -2.26. The van der Waals surface area contributed by atoms with Gasteiger partial charge >= 0.3 is 6.09 Å². The standard InChI is InChI=1S/C18H27NO3/c1-12(2)15(19-17(20)22-18(3,4)5)11-13-6-7-16-14(10-13)8-9-21-16/h6-7,10,12,15H,8-9,11H2,1-5H3,(H,19,20). The van der Waals surface area contributed by atoms with Crippen molar-refractivity contribution in [2.75, 3.05) is 6.61 Å². The Labute approximate surface area is 133 Å². The van der Waals surface area contributed by atoms with Crippen molar-refractivity contribution in [1.29, 1.82) is 0 Å². The molecule has 0 bridgehead atoms. The van der Waals surface area contributed by atoms with Crippen LogP contribution in [-0.4, -0.2) is 24.3 Å². The average Bonchev–Trinajstić information content (AvgIpc) is 2.82. The normalized spacial score (nSPS) is 15.2. The van der Waals surface area contributed by atoms with Gasteiger partial charge < -0.3 is 14.8 Å². The van der Waals surface area contributed by atoms with Gasteiger partial charge in [0, 0.05) is 12.5 Å². The van der Waals surface area contributed by atoms with Gasteiger partial charge in [0.15, 0.2) is 0 Å².